The van der Waals surface area contributed by atoms with Gasteiger partial charge < -0.3 is 10.0 Å². The molecule has 1 aliphatic heterocycles. The average Bonchev–Trinajstić information content (AvgIpc) is 2.39. The number of hydrogen-bond donors (Lipinski definition) is 1. The predicted octanol–water partition coefficient (Wildman–Crippen LogP) is 1.31. The number of hydrogen-bond acceptors (Lipinski definition) is 4. The number of likely N-dealkylation sites (N-methyl/N-ethyl adjacent to an activating group) is 1. The fraction of sp³-hybridized carbons (Fsp3) is 0.571. The van der Waals surface area contributed by atoms with Gasteiger partial charge in [0.05, 0.1) is 11.3 Å². The minimum atomic E-state index is -0.926. The van der Waals surface area contributed by atoms with E-state index in [9.17, 15) is 4.79 Å². The lowest BCUT2D eigenvalue weighted by Crippen LogP contribution is -2.44. The maximum atomic E-state index is 10.8. The average molecular weight is 263 g/mol. The Balaban J connectivity index is 1.95. The van der Waals surface area contributed by atoms with Gasteiger partial charge in [-0.05, 0) is 45.6 Å². The first-order valence-electron chi connectivity index (χ1n) is 6.63. The lowest BCUT2D eigenvalue weighted by Gasteiger charge is -2.35. The summed E-state index contributed by atoms with van der Waals surface area (Å²) in [6.45, 7) is 2.94. The molecule has 5 heteroatoms. The van der Waals surface area contributed by atoms with E-state index in [1.807, 2.05) is 6.07 Å². The summed E-state index contributed by atoms with van der Waals surface area (Å²) in [7, 11) is 4.24. The molecule has 2 rings (SSSR count). The van der Waals surface area contributed by atoms with Gasteiger partial charge in [-0.1, -0.05) is 0 Å². The van der Waals surface area contributed by atoms with Gasteiger partial charge in [0.15, 0.2) is 0 Å². The van der Waals surface area contributed by atoms with Gasteiger partial charge in [-0.25, -0.2) is 4.79 Å². The molecule has 0 spiro atoms. The van der Waals surface area contributed by atoms with Crippen LogP contribution in [-0.4, -0.2) is 59.1 Å². The van der Waals surface area contributed by atoms with Crippen molar-refractivity contribution in [2.75, 3.05) is 27.2 Å². The van der Waals surface area contributed by atoms with E-state index in [1.165, 1.54) is 19.0 Å². The van der Waals surface area contributed by atoms with Crippen molar-refractivity contribution < 1.29 is 9.90 Å². The van der Waals surface area contributed by atoms with Crippen LogP contribution in [0.2, 0.25) is 0 Å². The topological polar surface area (TPSA) is 56.7 Å². The van der Waals surface area contributed by atoms with Gasteiger partial charge in [-0.2, -0.15) is 0 Å². The van der Waals surface area contributed by atoms with Crippen LogP contribution in [0.3, 0.4) is 0 Å². The molecule has 1 unspecified atom stereocenters. The summed E-state index contributed by atoms with van der Waals surface area (Å²) in [6, 6.07) is 4.04. The number of carboxylic acids is 1. The van der Waals surface area contributed by atoms with Gasteiger partial charge in [-0.15, -0.1) is 0 Å². The van der Waals surface area contributed by atoms with Crippen molar-refractivity contribution in [1.82, 2.24) is 14.8 Å². The quantitative estimate of drug-likeness (QED) is 0.887. The molecule has 0 saturated carbocycles. The van der Waals surface area contributed by atoms with Crippen molar-refractivity contribution in [2.45, 2.75) is 25.4 Å². The van der Waals surface area contributed by atoms with Gasteiger partial charge in [-0.3, -0.25) is 9.88 Å². The standard InChI is InChI=1S/C14H21N3O2/c1-16(2)13-4-3-7-17(10-13)9-12-6-5-11(8-15-12)14(18)19/h5-6,8,13H,3-4,7,9-10H2,1-2H3,(H,18,19). The van der Waals surface area contributed by atoms with Crippen LogP contribution in [0.25, 0.3) is 0 Å². The van der Waals surface area contributed by atoms with Gasteiger partial charge in [0.1, 0.15) is 0 Å². The lowest BCUT2D eigenvalue weighted by atomic mass is 10.0. The highest BCUT2D eigenvalue weighted by Gasteiger charge is 2.21. The number of aromatic nitrogens is 1. The molecular weight excluding hydrogens is 242 g/mol. The van der Waals surface area contributed by atoms with E-state index in [1.54, 1.807) is 6.07 Å². The van der Waals surface area contributed by atoms with Crippen molar-refractivity contribution in [3.63, 3.8) is 0 Å². The van der Waals surface area contributed by atoms with Crippen LogP contribution in [0.5, 0.6) is 0 Å². The van der Waals surface area contributed by atoms with Crippen LogP contribution in [0.1, 0.15) is 28.9 Å². The van der Waals surface area contributed by atoms with E-state index in [-0.39, 0.29) is 5.56 Å². The Morgan fingerprint density at radius 3 is 2.89 bits per heavy atom. The molecule has 1 N–H and O–H groups in total. The van der Waals surface area contributed by atoms with Gasteiger partial charge in [0.2, 0.25) is 0 Å². The maximum Gasteiger partial charge on any atom is 0.337 e. The fourth-order valence-corrected chi connectivity index (χ4v) is 2.47. The Morgan fingerprint density at radius 1 is 1.53 bits per heavy atom. The second-order valence-corrected chi connectivity index (χ2v) is 5.34. The van der Waals surface area contributed by atoms with Crippen molar-refractivity contribution in [2.24, 2.45) is 0 Å². The highest BCUT2D eigenvalue weighted by molar-refractivity contribution is 5.87. The molecule has 0 amide bonds. The second kappa shape index (κ2) is 6.12. The van der Waals surface area contributed by atoms with Crippen LogP contribution in [-0.2, 0) is 6.54 Å². The van der Waals surface area contributed by atoms with Crippen LogP contribution in [0, 0.1) is 0 Å². The van der Waals surface area contributed by atoms with Crippen molar-refractivity contribution in [1.29, 1.82) is 0 Å². The minimum Gasteiger partial charge on any atom is -0.478 e. The number of nitrogens with zero attached hydrogens (tertiary/aromatic N) is 3. The van der Waals surface area contributed by atoms with Gasteiger partial charge in [0, 0.05) is 25.3 Å². The third-order valence-corrected chi connectivity index (χ3v) is 3.67. The third kappa shape index (κ3) is 3.75. The van der Waals surface area contributed by atoms with Crippen LogP contribution in [0.15, 0.2) is 18.3 Å². The van der Waals surface area contributed by atoms with Crippen LogP contribution in [0.4, 0.5) is 0 Å². The number of rotatable bonds is 4. The number of piperidine rings is 1. The molecule has 0 aromatic carbocycles. The smallest absolute Gasteiger partial charge is 0.337 e. The summed E-state index contributed by atoms with van der Waals surface area (Å²) in [6.07, 6.45) is 3.88. The van der Waals surface area contributed by atoms with E-state index in [2.05, 4.69) is 28.9 Å². The number of likely N-dealkylation sites (tertiary alicyclic amines) is 1. The van der Waals surface area contributed by atoms with E-state index in [0.29, 0.717) is 6.04 Å². The molecule has 0 bridgehead atoms. The predicted molar refractivity (Wildman–Crippen MR) is 73.2 cm³/mol. The third-order valence-electron chi connectivity index (χ3n) is 3.67. The Hall–Kier alpha value is -1.46. The maximum absolute atomic E-state index is 10.8. The summed E-state index contributed by atoms with van der Waals surface area (Å²) < 4.78 is 0. The van der Waals surface area contributed by atoms with Gasteiger partial charge in [0.25, 0.3) is 0 Å². The van der Waals surface area contributed by atoms with Crippen LogP contribution < -0.4 is 0 Å². The molecule has 1 saturated heterocycles. The highest BCUT2D eigenvalue weighted by Crippen LogP contribution is 2.15. The Morgan fingerprint density at radius 2 is 2.32 bits per heavy atom. The number of carboxylic acid groups (broad SMARTS) is 1. The molecule has 0 radical (unpaired) electrons. The SMILES string of the molecule is CN(C)C1CCCN(Cc2ccc(C(=O)O)cn2)C1. The molecule has 19 heavy (non-hydrogen) atoms. The van der Waals surface area contributed by atoms with Crippen LogP contribution >= 0.6 is 0 Å². The molecule has 1 aromatic rings. The minimum absolute atomic E-state index is 0.244. The second-order valence-electron chi connectivity index (χ2n) is 5.34. The number of carbonyl (C=O) groups is 1. The van der Waals surface area contributed by atoms with Crippen molar-refractivity contribution >= 4 is 5.97 Å². The van der Waals surface area contributed by atoms with E-state index < -0.39 is 5.97 Å². The zero-order chi connectivity index (χ0) is 13.8. The monoisotopic (exact) mass is 263 g/mol. The van der Waals surface area contributed by atoms with E-state index >= 15 is 0 Å². The Bertz CT molecular complexity index is 431. The normalized spacial score (nSPS) is 20.7. The molecule has 1 aliphatic rings. The molecular formula is C14H21N3O2. The summed E-state index contributed by atoms with van der Waals surface area (Å²) in [5.41, 5.74) is 1.18. The zero-order valence-electron chi connectivity index (χ0n) is 11.5. The molecule has 0 aliphatic carbocycles. The molecule has 2 heterocycles. The summed E-state index contributed by atoms with van der Waals surface area (Å²) >= 11 is 0. The summed E-state index contributed by atoms with van der Waals surface area (Å²) in [5, 5.41) is 8.84. The Kier molecular flexibility index (Phi) is 4.50. The molecule has 1 fully saturated rings. The first kappa shape index (κ1) is 14.0. The van der Waals surface area contributed by atoms with Crippen molar-refractivity contribution in [3.05, 3.63) is 29.6 Å². The van der Waals surface area contributed by atoms with E-state index in [4.69, 9.17) is 5.11 Å². The lowest BCUT2D eigenvalue weighted by molar-refractivity contribution is 0.0696. The zero-order valence-corrected chi connectivity index (χ0v) is 11.5. The largest absolute Gasteiger partial charge is 0.478 e. The number of pyridine rings is 1. The molecule has 1 aromatic heterocycles. The fourth-order valence-electron chi connectivity index (χ4n) is 2.47. The number of aromatic carboxylic acids is 1. The molecule has 5 nitrogen and oxygen atoms in total. The summed E-state index contributed by atoms with van der Waals surface area (Å²) in [5.74, 6) is -0.926. The summed E-state index contributed by atoms with van der Waals surface area (Å²) in [4.78, 5) is 19.6. The van der Waals surface area contributed by atoms with E-state index in [0.717, 1.165) is 25.3 Å². The molecule has 1 atom stereocenters. The molecule has 104 valence electrons. The van der Waals surface area contributed by atoms with Crippen molar-refractivity contribution in [3.8, 4) is 0 Å². The Labute approximate surface area is 113 Å². The van der Waals surface area contributed by atoms with Gasteiger partial charge >= 0.3 is 5.97 Å². The highest BCUT2D eigenvalue weighted by atomic mass is 16.4. The first-order valence-corrected chi connectivity index (χ1v) is 6.63. The first-order chi connectivity index (χ1) is 9.06.